The fourth-order valence-electron chi connectivity index (χ4n) is 3.44. The largest absolute Gasteiger partial charge is 0.338 e. The molecular weight excluding hydrogens is 386 g/mol. The van der Waals surface area contributed by atoms with E-state index in [1.165, 1.54) is 17.4 Å². The number of thiophene rings is 1. The number of sulfonamides is 1. The number of carbonyl (C=O) groups is 1. The van der Waals surface area contributed by atoms with Crippen molar-refractivity contribution in [1.82, 2.24) is 19.2 Å². The third-order valence-electron chi connectivity index (χ3n) is 4.91. The molecule has 0 aliphatic carbocycles. The van der Waals surface area contributed by atoms with Crippen LogP contribution >= 0.6 is 11.3 Å². The molecule has 1 amide bonds. The molecule has 2 aliphatic heterocycles. The number of hydrogen-bond acceptors (Lipinski definition) is 8. The molecule has 0 aromatic carbocycles. The normalized spacial score (nSPS) is 19.5. The number of carbonyl (C=O) groups excluding carboxylic acids is 1. The van der Waals surface area contributed by atoms with Gasteiger partial charge in [-0.3, -0.25) is 9.69 Å². The molecule has 10 heteroatoms. The first-order valence-corrected chi connectivity index (χ1v) is 11.3. The summed E-state index contributed by atoms with van der Waals surface area (Å²) >= 11 is 1.19. The van der Waals surface area contributed by atoms with Gasteiger partial charge in [0.1, 0.15) is 9.77 Å². The minimum Gasteiger partial charge on any atom is -0.338 e. The fourth-order valence-corrected chi connectivity index (χ4v) is 6.25. The number of hydrogen-bond donors (Lipinski definition) is 0. The van der Waals surface area contributed by atoms with Gasteiger partial charge in [-0.1, -0.05) is 0 Å². The van der Waals surface area contributed by atoms with Gasteiger partial charge in [-0.15, -0.1) is 11.3 Å². The van der Waals surface area contributed by atoms with Crippen LogP contribution in [0.5, 0.6) is 0 Å². The van der Waals surface area contributed by atoms with Crippen LogP contribution in [0.4, 0.5) is 5.95 Å². The maximum absolute atomic E-state index is 12.4. The van der Waals surface area contributed by atoms with E-state index in [0.717, 1.165) is 49.4 Å². The summed E-state index contributed by atoms with van der Waals surface area (Å²) in [6, 6.07) is 3.33. The molecule has 4 heterocycles. The summed E-state index contributed by atoms with van der Waals surface area (Å²) in [6.45, 7) is 4.76. The zero-order chi connectivity index (χ0) is 18.9. The Balaban J connectivity index is 1.22. The van der Waals surface area contributed by atoms with Crippen molar-refractivity contribution in [3.05, 3.63) is 34.8 Å². The lowest BCUT2D eigenvalue weighted by Crippen LogP contribution is -2.47. The molecule has 0 spiro atoms. The van der Waals surface area contributed by atoms with Gasteiger partial charge in [0.15, 0.2) is 0 Å². The van der Waals surface area contributed by atoms with Crippen LogP contribution < -0.4 is 4.90 Å². The molecule has 0 N–H and O–H groups in total. The third kappa shape index (κ3) is 3.56. The van der Waals surface area contributed by atoms with Crippen LogP contribution in [0, 0.1) is 0 Å². The average molecular weight is 408 g/mol. The molecule has 27 heavy (non-hydrogen) atoms. The summed E-state index contributed by atoms with van der Waals surface area (Å²) in [4.78, 5) is 25.9. The van der Waals surface area contributed by atoms with Crippen LogP contribution in [0.1, 0.15) is 22.5 Å². The molecule has 2 aromatic rings. The number of amides is 1. The minimum absolute atomic E-state index is 0.164. The minimum atomic E-state index is -3.64. The van der Waals surface area contributed by atoms with Gasteiger partial charge in [0.25, 0.3) is 15.9 Å². The summed E-state index contributed by atoms with van der Waals surface area (Å²) in [5, 5.41) is 1.65. The molecule has 4 rings (SSSR count). The summed E-state index contributed by atoms with van der Waals surface area (Å²) in [5.41, 5.74) is 0. The van der Waals surface area contributed by atoms with Crippen LogP contribution in [0.3, 0.4) is 0 Å². The Morgan fingerprint density at radius 2 is 1.74 bits per heavy atom. The van der Waals surface area contributed by atoms with Gasteiger partial charge in [0, 0.05) is 45.1 Å². The van der Waals surface area contributed by atoms with Gasteiger partial charge in [-0.2, -0.15) is 0 Å². The molecule has 144 valence electrons. The van der Waals surface area contributed by atoms with E-state index in [0.29, 0.717) is 11.3 Å². The Morgan fingerprint density at radius 3 is 2.44 bits per heavy atom. The van der Waals surface area contributed by atoms with E-state index in [2.05, 4.69) is 19.8 Å². The van der Waals surface area contributed by atoms with Gasteiger partial charge in [0.05, 0.1) is 0 Å². The molecule has 0 radical (unpaired) electrons. The van der Waals surface area contributed by atoms with E-state index in [-0.39, 0.29) is 17.3 Å². The monoisotopic (exact) mass is 407 g/mol. The molecule has 1 fully saturated rings. The van der Waals surface area contributed by atoms with E-state index in [4.69, 9.17) is 0 Å². The van der Waals surface area contributed by atoms with Crippen molar-refractivity contribution in [3.63, 3.8) is 0 Å². The average Bonchev–Trinajstić information content (AvgIpc) is 3.25. The Bertz CT molecular complexity index is 908. The number of nitrogens with zero attached hydrogens (tertiary/aromatic N) is 5. The highest BCUT2D eigenvalue weighted by Crippen LogP contribution is 2.34. The van der Waals surface area contributed by atoms with E-state index < -0.39 is 10.0 Å². The highest BCUT2D eigenvalue weighted by Gasteiger charge is 2.41. The number of aromatic nitrogens is 2. The number of piperazine rings is 1. The molecule has 0 bridgehead atoms. The lowest BCUT2D eigenvalue weighted by atomic mass is 10.2. The lowest BCUT2D eigenvalue weighted by Gasteiger charge is -2.34. The molecule has 2 aromatic heterocycles. The van der Waals surface area contributed by atoms with Crippen LogP contribution in [-0.4, -0.2) is 72.8 Å². The van der Waals surface area contributed by atoms with Crippen molar-refractivity contribution >= 4 is 33.2 Å². The third-order valence-corrected chi connectivity index (χ3v) is 7.77. The predicted molar refractivity (Wildman–Crippen MR) is 102 cm³/mol. The second kappa shape index (κ2) is 7.53. The molecular formula is C17H21N5O3S2. The van der Waals surface area contributed by atoms with E-state index >= 15 is 0 Å². The Kier molecular flexibility index (Phi) is 5.11. The van der Waals surface area contributed by atoms with E-state index in [1.807, 2.05) is 6.07 Å². The Hall–Kier alpha value is -2.04. The summed E-state index contributed by atoms with van der Waals surface area (Å²) in [6.07, 6.45) is 5.03. The van der Waals surface area contributed by atoms with Gasteiger partial charge in [-0.25, -0.2) is 22.7 Å². The van der Waals surface area contributed by atoms with Crippen molar-refractivity contribution < 1.29 is 13.2 Å². The highest BCUT2D eigenvalue weighted by atomic mass is 32.2. The van der Waals surface area contributed by atoms with Crippen LogP contribution in [0.2, 0.25) is 0 Å². The first-order chi connectivity index (χ1) is 13.1. The van der Waals surface area contributed by atoms with E-state index in [1.54, 1.807) is 17.8 Å². The van der Waals surface area contributed by atoms with Gasteiger partial charge in [-0.05, 0) is 36.9 Å². The molecule has 8 nitrogen and oxygen atoms in total. The number of anilines is 1. The quantitative estimate of drug-likeness (QED) is 0.667. The van der Waals surface area contributed by atoms with Crippen molar-refractivity contribution in [3.8, 4) is 0 Å². The molecule has 0 atom stereocenters. The van der Waals surface area contributed by atoms with Crippen molar-refractivity contribution in [2.75, 3.05) is 44.2 Å². The number of unbranched alkanes of at least 4 members (excludes halogenated alkanes) is 1. The van der Waals surface area contributed by atoms with Crippen LogP contribution in [-0.2, 0) is 10.0 Å². The maximum atomic E-state index is 12.4. The second-order valence-electron chi connectivity index (χ2n) is 6.58. The van der Waals surface area contributed by atoms with Crippen molar-refractivity contribution in [2.24, 2.45) is 0 Å². The summed E-state index contributed by atoms with van der Waals surface area (Å²) in [5.74, 6) is 0.388. The summed E-state index contributed by atoms with van der Waals surface area (Å²) in [7, 11) is -3.64. The van der Waals surface area contributed by atoms with Crippen LogP contribution in [0.15, 0.2) is 34.8 Å². The van der Waals surface area contributed by atoms with Crippen LogP contribution in [0.25, 0.3) is 0 Å². The highest BCUT2D eigenvalue weighted by molar-refractivity contribution is 7.90. The fraction of sp³-hybridized carbons (Fsp3) is 0.471. The SMILES string of the molecule is O=C1c2sccc2S(=O)(=O)N1CCCCN1CCN(c2ncccn2)CC1. The molecule has 2 aliphatic rings. The van der Waals surface area contributed by atoms with Gasteiger partial charge in [0.2, 0.25) is 5.95 Å². The maximum Gasteiger partial charge on any atom is 0.279 e. The topological polar surface area (TPSA) is 86.7 Å². The van der Waals surface area contributed by atoms with E-state index in [9.17, 15) is 13.2 Å². The Morgan fingerprint density at radius 1 is 1.04 bits per heavy atom. The summed E-state index contributed by atoms with van der Waals surface area (Å²) < 4.78 is 25.8. The zero-order valence-electron chi connectivity index (χ0n) is 14.8. The van der Waals surface area contributed by atoms with Gasteiger partial charge < -0.3 is 4.90 Å². The van der Waals surface area contributed by atoms with Crippen molar-refractivity contribution in [1.29, 1.82) is 0 Å². The molecule has 0 unspecified atom stereocenters. The lowest BCUT2D eigenvalue weighted by molar-refractivity contribution is 0.0872. The molecule has 1 saturated heterocycles. The number of rotatable bonds is 6. The standard InChI is InChI=1S/C17H21N5O3S2/c23-16-15-14(4-13-26-15)27(24,25)22(16)8-2-1-7-20-9-11-21(12-10-20)17-18-5-3-6-19-17/h3-6,13H,1-2,7-12H2. The van der Waals surface area contributed by atoms with Crippen molar-refractivity contribution in [2.45, 2.75) is 17.7 Å². The second-order valence-corrected chi connectivity index (χ2v) is 9.33. The Labute approximate surface area is 162 Å². The predicted octanol–water partition coefficient (Wildman–Crippen LogP) is 1.29. The van der Waals surface area contributed by atoms with Gasteiger partial charge >= 0.3 is 0 Å². The first-order valence-electron chi connectivity index (χ1n) is 8.96. The smallest absolute Gasteiger partial charge is 0.279 e. The molecule has 0 saturated carbocycles. The zero-order valence-corrected chi connectivity index (χ0v) is 16.5. The number of fused-ring (bicyclic) bond motifs is 1. The first kappa shape index (κ1) is 18.3.